The van der Waals surface area contributed by atoms with Crippen molar-refractivity contribution >= 4 is 46.3 Å². The van der Waals surface area contributed by atoms with Crippen LogP contribution in [0.15, 0.2) is 65.6 Å². The van der Waals surface area contributed by atoms with Crippen LogP contribution in [0.5, 0.6) is 11.5 Å². The van der Waals surface area contributed by atoms with Gasteiger partial charge in [0.2, 0.25) is 0 Å². The first kappa shape index (κ1) is 23.0. The highest BCUT2D eigenvalue weighted by molar-refractivity contribution is 8.19. The smallest absolute Gasteiger partial charge is 0.298 e. The molecular weight excluding hydrogens is 458 g/mol. The quantitative estimate of drug-likeness (QED) is 0.364. The Morgan fingerprint density at radius 3 is 2.42 bits per heavy atom. The number of hydrogen-bond acceptors (Lipinski definition) is 5. The number of carbonyl (C=O) groups excluding carboxylic acids is 2. The standard InChI is InChI=1S/C26H22ClNO4S/c1-16-4-10-21(17(2)12-16)28-25(29)24(33-26(28)30)14-19-7-11-22(23(13-19)31-3)32-15-18-5-8-20(27)9-6-18/h4-14H,15H2,1-3H3/b24-14-. The number of amides is 2. The molecule has 0 spiro atoms. The fraction of sp³-hybridized carbons (Fsp3) is 0.154. The van der Waals surface area contributed by atoms with Crippen molar-refractivity contribution in [1.29, 1.82) is 0 Å². The largest absolute Gasteiger partial charge is 0.493 e. The summed E-state index contributed by atoms with van der Waals surface area (Å²) < 4.78 is 11.4. The lowest BCUT2D eigenvalue weighted by molar-refractivity contribution is -0.113. The van der Waals surface area contributed by atoms with Crippen LogP contribution in [-0.4, -0.2) is 18.3 Å². The van der Waals surface area contributed by atoms with Crippen molar-refractivity contribution in [2.75, 3.05) is 12.0 Å². The Morgan fingerprint density at radius 1 is 0.970 bits per heavy atom. The molecular formula is C26H22ClNO4S. The van der Waals surface area contributed by atoms with Crippen molar-refractivity contribution in [1.82, 2.24) is 0 Å². The monoisotopic (exact) mass is 479 g/mol. The summed E-state index contributed by atoms with van der Waals surface area (Å²) in [5, 5.41) is 0.357. The van der Waals surface area contributed by atoms with Gasteiger partial charge >= 0.3 is 0 Å². The molecule has 0 unspecified atom stereocenters. The van der Waals surface area contributed by atoms with Crippen LogP contribution in [0.25, 0.3) is 6.08 Å². The van der Waals surface area contributed by atoms with Gasteiger partial charge in [-0.05, 0) is 78.7 Å². The van der Waals surface area contributed by atoms with Gasteiger partial charge in [-0.2, -0.15) is 0 Å². The summed E-state index contributed by atoms with van der Waals surface area (Å²) in [6.45, 7) is 4.23. The van der Waals surface area contributed by atoms with Gasteiger partial charge in [0.1, 0.15) is 6.61 Å². The summed E-state index contributed by atoms with van der Waals surface area (Å²) in [7, 11) is 1.56. The maximum absolute atomic E-state index is 13.0. The maximum atomic E-state index is 13.0. The van der Waals surface area contributed by atoms with Gasteiger partial charge in [0, 0.05) is 5.02 Å². The van der Waals surface area contributed by atoms with Crippen molar-refractivity contribution in [3.8, 4) is 11.5 Å². The third kappa shape index (κ3) is 5.07. The lowest BCUT2D eigenvalue weighted by atomic mass is 10.1. The normalized spacial score (nSPS) is 14.8. The van der Waals surface area contributed by atoms with E-state index in [0.29, 0.717) is 33.7 Å². The molecule has 5 nitrogen and oxygen atoms in total. The van der Waals surface area contributed by atoms with Crippen LogP contribution in [0.3, 0.4) is 0 Å². The molecule has 0 aromatic heterocycles. The molecule has 4 rings (SSSR count). The summed E-state index contributed by atoms with van der Waals surface area (Å²) in [5.74, 6) is 0.776. The summed E-state index contributed by atoms with van der Waals surface area (Å²) >= 11 is 6.85. The van der Waals surface area contributed by atoms with Crippen molar-refractivity contribution in [2.24, 2.45) is 0 Å². The Morgan fingerprint density at radius 2 is 1.73 bits per heavy atom. The lowest BCUT2D eigenvalue weighted by Crippen LogP contribution is -2.28. The van der Waals surface area contributed by atoms with Crippen LogP contribution in [0, 0.1) is 13.8 Å². The van der Waals surface area contributed by atoms with E-state index in [1.165, 1.54) is 4.90 Å². The molecule has 0 N–H and O–H groups in total. The SMILES string of the molecule is COc1cc(/C=C2\SC(=O)N(c3ccc(C)cc3C)C2=O)ccc1OCc1ccc(Cl)cc1. The molecule has 7 heteroatoms. The van der Waals surface area contributed by atoms with Crippen molar-refractivity contribution < 1.29 is 19.1 Å². The predicted octanol–water partition coefficient (Wildman–Crippen LogP) is 6.79. The number of nitrogens with zero attached hydrogens (tertiary/aromatic N) is 1. The summed E-state index contributed by atoms with van der Waals surface area (Å²) in [6, 6.07) is 18.5. The molecule has 1 aliphatic heterocycles. The number of ether oxygens (including phenoxy) is 2. The highest BCUT2D eigenvalue weighted by Gasteiger charge is 2.37. The molecule has 1 saturated heterocycles. The van der Waals surface area contributed by atoms with Gasteiger partial charge < -0.3 is 9.47 Å². The van der Waals surface area contributed by atoms with E-state index in [1.54, 1.807) is 31.4 Å². The topological polar surface area (TPSA) is 55.8 Å². The Hall–Kier alpha value is -3.22. The Kier molecular flexibility index (Phi) is 6.77. The van der Waals surface area contributed by atoms with Crippen LogP contribution in [0.2, 0.25) is 5.02 Å². The second kappa shape index (κ2) is 9.73. The highest BCUT2D eigenvalue weighted by atomic mass is 35.5. The first-order chi connectivity index (χ1) is 15.9. The maximum Gasteiger partial charge on any atom is 0.298 e. The second-order valence-corrected chi connectivity index (χ2v) is 9.06. The number of halogens is 1. The molecule has 3 aromatic carbocycles. The number of methoxy groups -OCH3 is 1. The molecule has 1 fully saturated rings. The fourth-order valence-electron chi connectivity index (χ4n) is 3.52. The number of rotatable bonds is 6. The first-order valence-electron chi connectivity index (χ1n) is 10.3. The van der Waals surface area contributed by atoms with E-state index in [0.717, 1.165) is 34.0 Å². The molecule has 1 aliphatic rings. The van der Waals surface area contributed by atoms with Crippen LogP contribution < -0.4 is 14.4 Å². The third-order valence-corrected chi connectivity index (χ3v) is 6.30. The predicted molar refractivity (Wildman–Crippen MR) is 133 cm³/mol. The molecule has 0 aliphatic carbocycles. The van der Waals surface area contributed by atoms with E-state index in [4.69, 9.17) is 21.1 Å². The zero-order chi connectivity index (χ0) is 23.5. The zero-order valence-corrected chi connectivity index (χ0v) is 20.0. The van der Waals surface area contributed by atoms with Gasteiger partial charge in [-0.15, -0.1) is 0 Å². The molecule has 0 saturated carbocycles. The Bertz CT molecular complexity index is 1250. The Labute approximate surface area is 202 Å². The van der Waals surface area contributed by atoms with Gasteiger partial charge in [0.05, 0.1) is 17.7 Å². The third-order valence-electron chi connectivity index (χ3n) is 5.18. The van der Waals surface area contributed by atoms with Gasteiger partial charge in [-0.1, -0.05) is 47.5 Å². The number of aryl methyl sites for hydroxylation is 2. The van der Waals surface area contributed by atoms with Gasteiger partial charge in [0.15, 0.2) is 11.5 Å². The fourth-order valence-corrected chi connectivity index (χ4v) is 4.48. The number of anilines is 1. The minimum absolute atomic E-state index is 0.312. The first-order valence-corrected chi connectivity index (χ1v) is 11.5. The molecule has 1 heterocycles. The van der Waals surface area contributed by atoms with Gasteiger partial charge in [0.25, 0.3) is 11.1 Å². The summed E-state index contributed by atoms with van der Waals surface area (Å²) in [5.41, 5.74) is 4.27. The second-order valence-electron chi connectivity index (χ2n) is 7.63. The van der Waals surface area contributed by atoms with Gasteiger partial charge in [-0.3, -0.25) is 9.59 Å². The molecule has 0 radical (unpaired) electrons. The van der Waals surface area contributed by atoms with Crippen LogP contribution in [0.1, 0.15) is 22.3 Å². The molecule has 2 amide bonds. The lowest BCUT2D eigenvalue weighted by Gasteiger charge is -2.15. The van der Waals surface area contributed by atoms with Crippen molar-refractivity contribution in [2.45, 2.75) is 20.5 Å². The Balaban J connectivity index is 1.54. The van der Waals surface area contributed by atoms with E-state index < -0.39 is 0 Å². The van der Waals surface area contributed by atoms with Crippen LogP contribution >= 0.6 is 23.4 Å². The molecule has 0 bridgehead atoms. The summed E-state index contributed by atoms with van der Waals surface area (Å²) in [6.07, 6.45) is 1.69. The molecule has 0 atom stereocenters. The minimum atomic E-state index is -0.334. The zero-order valence-electron chi connectivity index (χ0n) is 18.4. The van der Waals surface area contributed by atoms with Crippen LogP contribution in [0.4, 0.5) is 10.5 Å². The van der Waals surface area contributed by atoms with E-state index in [9.17, 15) is 9.59 Å². The number of thioether (sulfide) groups is 1. The number of imide groups is 1. The number of hydrogen-bond donors (Lipinski definition) is 0. The van der Waals surface area contributed by atoms with E-state index in [-0.39, 0.29) is 11.1 Å². The van der Waals surface area contributed by atoms with E-state index in [2.05, 4.69) is 0 Å². The van der Waals surface area contributed by atoms with Crippen molar-refractivity contribution in [3.05, 3.63) is 92.8 Å². The summed E-state index contributed by atoms with van der Waals surface area (Å²) in [4.78, 5) is 27.2. The molecule has 33 heavy (non-hydrogen) atoms. The van der Waals surface area contributed by atoms with E-state index >= 15 is 0 Å². The van der Waals surface area contributed by atoms with Crippen molar-refractivity contribution in [3.63, 3.8) is 0 Å². The average molecular weight is 480 g/mol. The number of benzene rings is 3. The number of carbonyl (C=O) groups is 2. The van der Waals surface area contributed by atoms with Gasteiger partial charge in [-0.25, -0.2) is 4.90 Å². The highest BCUT2D eigenvalue weighted by Crippen LogP contribution is 2.38. The molecule has 168 valence electrons. The van der Waals surface area contributed by atoms with Crippen LogP contribution in [-0.2, 0) is 11.4 Å². The molecule has 3 aromatic rings. The average Bonchev–Trinajstić information content (AvgIpc) is 3.06. The minimum Gasteiger partial charge on any atom is -0.493 e. The van der Waals surface area contributed by atoms with E-state index in [1.807, 2.05) is 56.3 Å².